The SMILES string of the molecule is CNCCCNC(=O)CN1c2cccc3cccc(c23)S1(=O)=O.Cl. The number of carbonyl (C=O) groups excluding carboxylic acids is 1. The van der Waals surface area contributed by atoms with E-state index in [-0.39, 0.29) is 29.8 Å². The van der Waals surface area contributed by atoms with Gasteiger partial charge in [-0.3, -0.25) is 9.10 Å². The molecule has 0 saturated carbocycles. The first-order valence-corrected chi connectivity index (χ1v) is 8.95. The third kappa shape index (κ3) is 3.19. The summed E-state index contributed by atoms with van der Waals surface area (Å²) < 4.78 is 26.6. The van der Waals surface area contributed by atoms with Crippen molar-refractivity contribution in [3.05, 3.63) is 36.4 Å². The van der Waals surface area contributed by atoms with E-state index in [1.54, 1.807) is 24.3 Å². The second-order valence-electron chi connectivity index (χ2n) is 5.45. The highest BCUT2D eigenvalue weighted by Gasteiger charge is 2.36. The average Bonchev–Trinajstić information content (AvgIpc) is 2.75. The lowest BCUT2D eigenvalue weighted by Gasteiger charge is -2.18. The number of carbonyl (C=O) groups is 1. The lowest BCUT2D eigenvalue weighted by atomic mass is 10.1. The highest BCUT2D eigenvalue weighted by molar-refractivity contribution is 7.93. The third-order valence-electron chi connectivity index (χ3n) is 3.89. The number of benzene rings is 2. The molecule has 2 aromatic carbocycles. The van der Waals surface area contributed by atoms with Gasteiger partial charge in [0.2, 0.25) is 5.91 Å². The first-order valence-electron chi connectivity index (χ1n) is 7.51. The molecule has 0 spiro atoms. The molecule has 2 aromatic rings. The van der Waals surface area contributed by atoms with Gasteiger partial charge in [-0.2, -0.15) is 0 Å². The van der Waals surface area contributed by atoms with Crippen LogP contribution in [0.15, 0.2) is 41.3 Å². The van der Waals surface area contributed by atoms with Gasteiger partial charge >= 0.3 is 0 Å². The van der Waals surface area contributed by atoms with Crippen molar-refractivity contribution in [2.24, 2.45) is 0 Å². The number of halogens is 1. The highest BCUT2D eigenvalue weighted by atomic mass is 35.5. The van der Waals surface area contributed by atoms with Crippen molar-refractivity contribution < 1.29 is 13.2 Å². The Morgan fingerprint density at radius 1 is 1.12 bits per heavy atom. The van der Waals surface area contributed by atoms with Gasteiger partial charge in [-0.15, -0.1) is 12.4 Å². The maximum atomic E-state index is 12.7. The van der Waals surface area contributed by atoms with Gasteiger partial charge in [-0.25, -0.2) is 8.42 Å². The maximum absolute atomic E-state index is 12.7. The number of hydrogen-bond acceptors (Lipinski definition) is 4. The van der Waals surface area contributed by atoms with Crippen molar-refractivity contribution in [3.8, 4) is 0 Å². The zero-order valence-electron chi connectivity index (χ0n) is 13.3. The molecule has 0 radical (unpaired) electrons. The minimum Gasteiger partial charge on any atom is -0.354 e. The Hall–Kier alpha value is -1.83. The molecule has 0 aliphatic carbocycles. The van der Waals surface area contributed by atoms with Gasteiger partial charge in [0.05, 0.1) is 10.6 Å². The van der Waals surface area contributed by atoms with Crippen molar-refractivity contribution in [2.75, 3.05) is 31.0 Å². The Balaban J connectivity index is 0.00000208. The molecule has 0 fully saturated rings. The number of nitrogens with one attached hydrogen (secondary N) is 2. The van der Waals surface area contributed by atoms with E-state index in [1.807, 2.05) is 19.2 Å². The van der Waals surface area contributed by atoms with Crippen molar-refractivity contribution in [1.82, 2.24) is 10.6 Å². The number of amides is 1. The molecular formula is C16H20ClN3O3S. The van der Waals surface area contributed by atoms with Gasteiger partial charge in [0.15, 0.2) is 0 Å². The van der Waals surface area contributed by atoms with E-state index in [0.717, 1.165) is 18.4 Å². The molecule has 8 heteroatoms. The van der Waals surface area contributed by atoms with Crippen molar-refractivity contribution >= 4 is 44.8 Å². The molecule has 6 nitrogen and oxygen atoms in total. The minimum atomic E-state index is -3.67. The summed E-state index contributed by atoms with van der Waals surface area (Å²) in [5.41, 5.74) is 0.573. The van der Waals surface area contributed by atoms with E-state index < -0.39 is 10.0 Å². The molecule has 24 heavy (non-hydrogen) atoms. The first-order chi connectivity index (χ1) is 11.1. The summed E-state index contributed by atoms with van der Waals surface area (Å²) >= 11 is 0. The van der Waals surface area contributed by atoms with Crippen LogP contribution < -0.4 is 14.9 Å². The van der Waals surface area contributed by atoms with E-state index in [9.17, 15) is 13.2 Å². The van der Waals surface area contributed by atoms with Gasteiger partial charge in [0.1, 0.15) is 6.54 Å². The molecule has 0 unspecified atom stereocenters. The zero-order valence-corrected chi connectivity index (χ0v) is 14.9. The molecule has 1 aliphatic heterocycles. The third-order valence-corrected chi connectivity index (χ3v) is 5.70. The van der Waals surface area contributed by atoms with Gasteiger partial charge in [-0.05, 0) is 37.5 Å². The summed E-state index contributed by atoms with van der Waals surface area (Å²) in [6, 6.07) is 10.6. The quantitative estimate of drug-likeness (QED) is 0.756. The molecule has 2 N–H and O–H groups in total. The first kappa shape index (κ1) is 18.5. The predicted molar refractivity (Wildman–Crippen MR) is 97.3 cm³/mol. The Bertz CT molecular complexity index is 850. The predicted octanol–water partition coefficient (Wildman–Crippen LogP) is 1.50. The fraction of sp³-hybridized carbons (Fsp3) is 0.312. The number of nitrogens with zero attached hydrogens (tertiary/aromatic N) is 1. The Morgan fingerprint density at radius 3 is 2.54 bits per heavy atom. The zero-order chi connectivity index (χ0) is 16.4. The second kappa shape index (κ2) is 7.38. The minimum absolute atomic E-state index is 0. The Kier molecular flexibility index (Phi) is 5.69. The normalized spacial score (nSPS) is 14.5. The molecule has 0 bridgehead atoms. The van der Waals surface area contributed by atoms with Crippen molar-refractivity contribution in [2.45, 2.75) is 11.3 Å². The van der Waals surface area contributed by atoms with Gasteiger partial charge < -0.3 is 10.6 Å². The van der Waals surface area contributed by atoms with Crippen LogP contribution in [-0.2, 0) is 14.8 Å². The van der Waals surface area contributed by atoms with E-state index in [4.69, 9.17) is 0 Å². The summed E-state index contributed by atoms with van der Waals surface area (Å²) in [6.07, 6.45) is 0.796. The van der Waals surface area contributed by atoms with Crippen molar-refractivity contribution in [1.29, 1.82) is 0 Å². The summed E-state index contributed by atoms with van der Waals surface area (Å²) in [4.78, 5) is 12.4. The van der Waals surface area contributed by atoms with Gasteiger partial charge in [-0.1, -0.05) is 24.3 Å². The fourth-order valence-corrected chi connectivity index (χ4v) is 4.47. The molecular weight excluding hydrogens is 350 g/mol. The van der Waals surface area contributed by atoms with E-state index in [0.29, 0.717) is 17.6 Å². The topological polar surface area (TPSA) is 78.5 Å². The molecule has 0 atom stereocenters. The van der Waals surface area contributed by atoms with E-state index in [2.05, 4.69) is 10.6 Å². The molecule has 130 valence electrons. The Labute approximate surface area is 147 Å². The highest BCUT2D eigenvalue weighted by Crippen LogP contribution is 2.41. The maximum Gasteiger partial charge on any atom is 0.265 e. The fourth-order valence-electron chi connectivity index (χ4n) is 2.81. The summed E-state index contributed by atoms with van der Waals surface area (Å²) in [5.74, 6) is -0.297. The van der Waals surface area contributed by atoms with Crippen LogP contribution in [-0.4, -0.2) is 41.0 Å². The monoisotopic (exact) mass is 369 g/mol. The molecule has 3 rings (SSSR count). The van der Waals surface area contributed by atoms with Crippen LogP contribution in [0.5, 0.6) is 0 Å². The molecule has 1 heterocycles. The van der Waals surface area contributed by atoms with Crippen LogP contribution in [0.3, 0.4) is 0 Å². The molecule has 0 aromatic heterocycles. The van der Waals surface area contributed by atoms with E-state index >= 15 is 0 Å². The van der Waals surface area contributed by atoms with Crippen LogP contribution in [0.25, 0.3) is 10.8 Å². The summed E-state index contributed by atoms with van der Waals surface area (Å²) in [6.45, 7) is 1.12. The Morgan fingerprint density at radius 2 is 1.83 bits per heavy atom. The number of rotatable bonds is 6. The summed E-state index contributed by atoms with van der Waals surface area (Å²) in [5, 5.41) is 7.31. The van der Waals surface area contributed by atoms with Crippen LogP contribution in [0.2, 0.25) is 0 Å². The average molecular weight is 370 g/mol. The lowest BCUT2D eigenvalue weighted by molar-refractivity contribution is -0.119. The number of sulfonamides is 1. The summed E-state index contributed by atoms with van der Waals surface area (Å²) in [7, 11) is -1.82. The van der Waals surface area contributed by atoms with Crippen LogP contribution in [0.1, 0.15) is 6.42 Å². The smallest absolute Gasteiger partial charge is 0.265 e. The number of hydrogen-bond donors (Lipinski definition) is 2. The largest absolute Gasteiger partial charge is 0.354 e. The lowest BCUT2D eigenvalue weighted by Crippen LogP contribution is -2.39. The molecule has 1 amide bonds. The van der Waals surface area contributed by atoms with Crippen LogP contribution >= 0.6 is 12.4 Å². The van der Waals surface area contributed by atoms with Crippen molar-refractivity contribution in [3.63, 3.8) is 0 Å². The van der Waals surface area contributed by atoms with Crippen LogP contribution in [0.4, 0.5) is 5.69 Å². The molecule has 1 aliphatic rings. The van der Waals surface area contributed by atoms with Gasteiger partial charge in [0, 0.05) is 11.9 Å². The standard InChI is InChI=1S/C16H19N3O3S.ClH/c1-17-9-4-10-18-15(20)11-19-13-7-2-5-12-6-3-8-14(16(12)13)23(19,21)22;/h2-3,5-8,17H,4,9-11H2,1H3,(H,18,20);1H. The van der Waals surface area contributed by atoms with Crippen LogP contribution in [0, 0.1) is 0 Å². The molecule has 0 saturated heterocycles. The number of anilines is 1. The second-order valence-corrected chi connectivity index (χ2v) is 7.28. The van der Waals surface area contributed by atoms with E-state index in [1.165, 1.54) is 4.31 Å². The van der Waals surface area contributed by atoms with Gasteiger partial charge in [0.25, 0.3) is 10.0 Å².